The van der Waals surface area contributed by atoms with Crippen molar-refractivity contribution in [3.8, 4) is 6.01 Å². The lowest BCUT2D eigenvalue weighted by Gasteiger charge is -2.29. The minimum atomic E-state index is -4.53. The topological polar surface area (TPSA) is 78.2 Å². The van der Waals surface area contributed by atoms with Gasteiger partial charge in [-0.25, -0.2) is 0 Å². The monoisotopic (exact) mass is 531 g/mol. The average molecular weight is 532 g/mol. The molecule has 0 atom stereocenters. The number of nitrogens with zero attached hydrogens (tertiary/aromatic N) is 6. The fourth-order valence-electron chi connectivity index (χ4n) is 3.66. The third-order valence-corrected chi connectivity index (χ3v) is 7.64. The summed E-state index contributed by atoms with van der Waals surface area (Å²) in [5.41, 5.74) is 0. The maximum atomic E-state index is 13.2. The molecule has 1 aliphatic heterocycles. The van der Waals surface area contributed by atoms with E-state index in [1.54, 1.807) is 11.3 Å². The second kappa shape index (κ2) is 10.5. The SMILES string of the molecule is CCCc1cc2c(N3CCn4c(nnc4C(F)(F)F)C3)nc(OCCOC[SH+]C(C)(C)C)nc2s1. The third-order valence-electron chi connectivity index (χ3n) is 5.29. The van der Waals surface area contributed by atoms with Gasteiger partial charge in [0.2, 0.25) is 11.8 Å². The Labute approximate surface area is 210 Å². The molecule has 0 fully saturated rings. The first-order valence-electron chi connectivity index (χ1n) is 11.5. The molecule has 3 aromatic heterocycles. The number of rotatable bonds is 9. The molecule has 0 radical (unpaired) electrons. The van der Waals surface area contributed by atoms with Gasteiger partial charge in [-0.15, -0.1) is 21.5 Å². The molecular weight excluding hydrogens is 501 g/mol. The number of aromatic nitrogens is 5. The van der Waals surface area contributed by atoms with E-state index in [0.29, 0.717) is 31.5 Å². The van der Waals surface area contributed by atoms with E-state index in [2.05, 4.69) is 53.9 Å². The van der Waals surface area contributed by atoms with Crippen molar-refractivity contribution < 1.29 is 22.6 Å². The summed E-state index contributed by atoms with van der Waals surface area (Å²) in [4.78, 5) is 13.1. The van der Waals surface area contributed by atoms with Crippen LogP contribution in [-0.2, 0) is 42.2 Å². The van der Waals surface area contributed by atoms with Gasteiger partial charge in [0.15, 0.2) is 5.82 Å². The molecule has 192 valence electrons. The van der Waals surface area contributed by atoms with Gasteiger partial charge >= 0.3 is 12.2 Å². The lowest BCUT2D eigenvalue weighted by atomic mass is 10.2. The van der Waals surface area contributed by atoms with Gasteiger partial charge in [-0.05, 0) is 33.3 Å². The van der Waals surface area contributed by atoms with E-state index < -0.39 is 12.0 Å². The molecule has 13 heteroatoms. The molecule has 0 spiro atoms. The summed E-state index contributed by atoms with van der Waals surface area (Å²) in [5, 5.41) is 8.04. The number of thiol groups is 1. The van der Waals surface area contributed by atoms with Crippen molar-refractivity contribution in [1.82, 2.24) is 24.7 Å². The summed E-state index contributed by atoms with van der Waals surface area (Å²) >= 11 is 2.79. The van der Waals surface area contributed by atoms with Crippen LogP contribution in [0.25, 0.3) is 10.2 Å². The standard InChI is InChI=1S/C22H29F3N6O2S2/c1-5-6-14-11-15-17(30-7-8-31-16(12-30)28-29-19(31)22(23,24)25)26-20(27-18(15)35-14)33-10-9-32-13-34-21(2,3)4/h11H,5-10,12-13H2,1-4H3/p+1. The molecule has 0 bridgehead atoms. The largest absolute Gasteiger partial charge is 0.461 e. The van der Waals surface area contributed by atoms with E-state index in [4.69, 9.17) is 9.47 Å². The van der Waals surface area contributed by atoms with Gasteiger partial charge in [-0.1, -0.05) is 13.3 Å². The van der Waals surface area contributed by atoms with E-state index in [1.165, 1.54) is 16.6 Å². The molecular formula is C22H30F3N6O2S2+. The molecule has 1 aliphatic rings. The first kappa shape index (κ1) is 26.0. The zero-order valence-electron chi connectivity index (χ0n) is 20.2. The molecule has 4 heterocycles. The van der Waals surface area contributed by atoms with Gasteiger partial charge in [0, 0.05) is 29.7 Å². The molecule has 0 aromatic carbocycles. The molecule has 0 amide bonds. The molecule has 0 unspecified atom stereocenters. The van der Waals surface area contributed by atoms with Crippen LogP contribution in [-0.4, -0.2) is 55.2 Å². The van der Waals surface area contributed by atoms with Crippen LogP contribution in [0.1, 0.15) is 50.6 Å². The molecule has 3 aromatic rings. The fraction of sp³-hybridized carbons (Fsp3) is 0.636. The highest BCUT2D eigenvalue weighted by molar-refractivity contribution is 7.79. The summed E-state index contributed by atoms with van der Waals surface area (Å²) < 4.78 is 52.5. The molecule has 35 heavy (non-hydrogen) atoms. The highest BCUT2D eigenvalue weighted by atomic mass is 32.2. The van der Waals surface area contributed by atoms with Crippen molar-refractivity contribution in [2.75, 3.05) is 30.6 Å². The number of thiophene rings is 1. The summed E-state index contributed by atoms with van der Waals surface area (Å²) in [7, 11) is 0. The van der Waals surface area contributed by atoms with Crippen molar-refractivity contribution in [2.45, 2.75) is 64.5 Å². The van der Waals surface area contributed by atoms with Gasteiger partial charge in [0.25, 0.3) is 0 Å². The zero-order valence-corrected chi connectivity index (χ0v) is 21.9. The van der Waals surface area contributed by atoms with Crippen LogP contribution in [0.3, 0.4) is 0 Å². The van der Waals surface area contributed by atoms with Crippen LogP contribution in [0.15, 0.2) is 6.07 Å². The van der Waals surface area contributed by atoms with Crippen LogP contribution >= 0.6 is 11.3 Å². The summed E-state index contributed by atoms with van der Waals surface area (Å²) in [6.45, 7) is 9.92. The minimum Gasteiger partial charge on any atom is -0.461 e. The van der Waals surface area contributed by atoms with Gasteiger partial charge in [-0.2, -0.15) is 23.1 Å². The van der Waals surface area contributed by atoms with Gasteiger partial charge in [-0.3, -0.25) is 0 Å². The first-order chi connectivity index (χ1) is 16.5. The molecule has 4 rings (SSSR count). The predicted molar refractivity (Wildman–Crippen MR) is 132 cm³/mol. The molecule has 8 nitrogen and oxygen atoms in total. The van der Waals surface area contributed by atoms with Crippen LogP contribution in [0.5, 0.6) is 6.01 Å². The van der Waals surface area contributed by atoms with E-state index in [1.807, 2.05) is 4.90 Å². The predicted octanol–water partition coefficient (Wildman–Crippen LogP) is 4.24. The van der Waals surface area contributed by atoms with Crippen molar-refractivity contribution in [3.05, 3.63) is 22.6 Å². The lowest BCUT2D eigenvalue weighted by Crippen LogP contribution is -2.36. The summed E-state index contributed by atoms with van der Waals surface area (Å²) in [5.74, 6) is 0.556. The minimum absolute atomic E-state index is 0.117. The molecule has 0 saturated heterocycles. The maximum absolute atomic E-state index is 13.2. The number of hydrogen-bond acceptors (Lipinski definition) is 8. The number of fused-ring (bicyclic) bond motifs is 2. The van der Waals surface area contributed by atoms with Crippen LogP contribution in [0.2, 0.25) is 0 Å². The highest BCUT2D eigenvalue weighted by Gasteiger charge is 2.39. The van der Waals surface area contributed by atoms with E-state index >= 15 is 0 Å². The van der Waals surface area contributed by atoms with E-state index in [-0.39, 0.29) is 29.7 Å². The Kier molecular flexibility index (Phi) is 7.77. The number of alkyl halides is 3. The Morgan fingerprint density at radius 1 is 1.11 bits per heavy atom. The van der Waals surface area contributed by atoms with Crippen molar-refractivity contribution in [2.24, 2.45) is 0 Å². The number of anilines is 1. The summed E-state index contributed by atoms with van der Waals surface area (Å²) in [6.07, 6.45) is -2.62. The second-order valence-electron chi connectivity index (χ2n) is 9.24. The maximum Gasteiger partial charge on any atom is 0.451 e. The highest BCUT2D eigenvalue weighted by Crippen LogP contribution is 2.35. The summed E-state index contributed by atoms with van der Waals surface area (Å²) in [6, 6.07) is 2.30. The molecule has 0 N–H and O–H groups in total. The Morgan fingerprint density at radius 3 is 2.63 bits per heavy atom. The quantitative estimate of drug-likeness (QED) is 0.232. The first-order valence-corrected chi connectivity index (χ1v) is 13.4. The Morgan fingerprint density at radius 2 is 1.91 bits per heavy atom. The van der Waals surface area contributed by atoms with Crippen LogP contribution in [0, 0.1) is 0 Å². The van der Waals surface area contributed by atoms with Crippen molar-refractivity contribution >= 4 is 39.1 Å². The fourth-order valence-corrected chi connectivity index (χ4v) is 5.38. The second-order valence-corrected chi connectivity index (χ2v) is 12.3. The van der Waals surface area contributed by atoms with Gasteiger partial charge in [0.05, 0.1) is 18.5 Å². The number of hydrogen-bond donors (Lipinski definition) is 0. The van der Waals surface area contributed by atoms with Crippen LogP contribution in [0.4, 0.5) is 19.0 Å². The number of ether oxygens (including phenoxy) is 2. The lowest BCUT2D eigenvalue weighted by molar-refractivity contribution is -0.147. The molecule has 0 aliphatic carbocycles. The Bertz CT molecular complexity index is 1160. The zero-order chi connectivity index (χ0) is 25.2. The van der Waals surface area contributed by atoms with Crippen LogP contribution < -0.4 is 9.64 Å². The smallest absolute Gasteiger partial charge is 0.451 e. The Balaban J connectivity index is 1.53. The normalized spacial score (nSPS) is 14.5. The van der Waals surface area contributed by atoms with E-state index in [9.17, 15) is 13.2 Å². The van der Waals surface area contributed by atoms with Crippen molar-refractivity contribution in [3.63, 3.8) is 0 Å². The van der Waals surface area contributed by atoms with Gasteiger partial charge in [0.1, 0.15) is 22.0 Å². The molecule has 0 saturated carbocycles. The van der Waals surface area contributed by atoms with Gasteiger partial charge < -0.3 is 18.9 Å². The van der Waals surface area contributed by atoms with E-state index in [0.717, 1.165) is 27.6 Å². The average Bonchev–Trinajstić information content (AvgIpc) is 3.38. The third kappa shape index (κ3) is 6.36. The number of aryl methyl sites for hydroxylation is 1. The van der Waals surface area contributed by atoms with Crippen molar-refractivity contribution in [1.29, 1.82) is 0 Å². The number of halogens is 3. The Hall–Kier alpha value is -2.12.